The molecule has 1 atom stereocenters. The Morgan fingerprint density at radius 2 is 2.24 bits per heavy atom. The summed E-state index contributed by atoms with van der Waals surface area (Å²) in [6.07, 6.45) is 1.64. The minimum atomic E-state index is -0.510. The zero-order valence-corrected chi connectivity index (χ0v) is 14.4. The first-order valence-corrected chi connectivity index (χ1v) is 8.23. The van der Waals surface area contributed by atoms with Crippen LogP contribution >= 0.6 is 0 Å². The maximum atomic E-state index is 12.5. The Bertz CT molecular complexity index is 725. The summed E-state index contributed by atoms with van der Waals surface area (Å²) in [6.45, 7) is 3.95. The first-order chi connectivity index (χ1) is 12.0. The zero-order valence-electron chi connectivity index (χ0n) is 14.4. The van der Waals surface area contributed by atoms with Gasteiger partial charge in [-0.05, 0) is 19.1 Å². The average molecular weight is 346 g/mol. The Morgan fingerprint density at radius 3 is 2.92 bits per heavy atom. The largest absolute Gasteiger partial charge is 0.465 e. The van der Waals surface area contributed by atoms with Crippen LogP contribution in [-0.4, -0.2) is 52.9 Å². The lowest BCUT2D eigenvalue weighted by molar-refractivity contribution is -0.138. The molecule has 0 bridgehead atoms. The van der Waals surface area contributed by atoms with E-state index in [2.05, 4.69) is 10.5 Å². The number of carbonyl (C=O) groups is 2. The lowest BCUT2D eigenvalue weighted by Crippen LogP contribution is -2.56. The molecule has 25 heavy (non-hydrogen) atoms. The number of aryl methyl sites for hydroxylation is 1. The van der Waals surface area contributed by atoms with E-state index in [0.29, 0.717) is 31.9 Å². The van der Waals surface area contributed by atoms with Crippen LogP contribution in [0.1, 0.15) is 23.7 Å². The molecule has 0 aromatic carbocycles. The molecule has 1 fully saturated rings. The molecule has 1 unspecified atom stereocenters. The molecule has 0 spiro atoms. The first-order valence-electron chi connectivity index (χ1n) is 8.23. The van der Waals surface area contributed by atoms with Crippen molar-refractivity contribution in [2.75, 3.05) is 20.1 Å². The van der Waals surface area contributed by atoms with Gasteiger partial charge in [-0.25, -0.2) is 0 Å². The van der Waals surface area contributed by atoms with Crippen LogP contribution in [0.25, 0.3) is 0 Å². The summed E-state index contributed by atoms with van der Waals surface area (Å²) < 4.78 is 10.6. The number of carbonyl (C=O) groups excluding carboxylic acids is 2. The van der Waals surface area contributed by atoms with Crippen molar-refractivity contribution >= 4 is 11.8 Å². The van der Waals surface area contributed by atoms with Crippen molar-refractivity contribution in [3.05, 3.63) is 41.7 Å². The zero-order chi connectivity index (χ0) is 17.8. The number of aromatic nitrogens is 1. The van der Waals surface area contributed by atoms with Gasteiger partial charge in [-0.1, -0.05) is 5.16 Å². The number of amides is 2. The molecule has 1 aliphatic rings. The quantitative estimate of drug-likeness (QED) is 0.836. The van der Waals surface area contributed by atoms with E-state index in [0.717, 1.165) is 11.5 Å². The molecule has 3 heterocycles. The van der Waals surface area contributed by atoms with Gasteiger partial charge in [0.05, 0.1) is 31.7 Å². The van der Waals surface area contributed by atoms with E-state index >= 15 is 0 Å². The SMILES string of the molecule is Cc1ccc(CN2CCNC(=O)C2CC(=O)N(C)Cc2ccno2)o1. The molecule has 2 aromatic rings. The van der Waals surface area contributed by atoms with Crippen molar-refractivity contribution in [3.8, 4) is 0 Å². The van der Waals surface area contributed by atoms with Crippen LogP contribution in [-0.2, 0) is 22.7 Å². The van der Waals surface area contributed by atoms with Gasteiger partial charge in [0, 0.05) is 26.2 Å². The maximum absolute atomic E-state index is 12.5. The Morgan fingerprint density at radius 1 is 1.40 bits per heavy atom. The number of rotatable bonds is 6. The minimum absolute atomic E-state index is 0.107. The third kappa shape index (κ3) is 4.27. The molecule has 3 rings (SSSR count). The van der Waals surface area contributed by atoms with Crippen molar-refractivity contribution in [2.45, 2.75) is 32.5 Å². The second kappa shape index (κ2) is 7.52. The number of nitrogens with one attached hydrogen (secondary N) is 1. The standard InChI is InChI=1S/C17H22N4O4/c1-12-3-4-13(24-12)11-21-8-7-18-17(23)15(21)9-16(22)20(2)10-14-5-6-19-25-14/h3-6,15H,7-11H2,1-2H3,(H,18,23). The number of nitrogens with zero attached hydrogens (tertiary/aromatic N) is 3. The van der Waals surface area contributed by atoms with Gasteiger partial charge in [0.25, 0.3) is 0 Å². The van der Waals surface area contributed by atoms with Gasteiger partial charge in [-0.3, -0.25) is 14.5 Å². The Kier molecular flexibility index (Phi) is 5.18. The fraction of sp³-hybridized carbons (Fsp3) is 0.471. The summed E-state index contributed by atoms with van der Waals surface area (Å²) >= 11 is 0. The molecule has 2 amide bonds. The Hall–Kier alpha value is -2.61. The van der Waals surface area contributed by atoms with E-state index in [-0.39, 0.29) is 18.2 Å². The highest BCUT2D eigenvalue weighted by Gasteiger charge is 2.33. The number of hydrogen-bond acceptors (Lipinski definition) is 6. The topological polar surface area (TPSA) is 91.8 Å². The Labute approximate surface area is 145 Å². The van der Waals surface area contributed by atoms with Crippen LogP contribution in [0.15, 0.2) is 33.3 Å². The first kappa shape index (κ1) is 17.2. The third-order valence-corrected chi connectivity index (χ3v) is 4.27. The molecule has 0 saturated carbocycles. The summed E-state index contributed by atoms with van der Waals surface area (Å²) in [5.41, 5.74) is 0. The number of furan rings is 1. The lowest BCUT2D eigenvalue weighted by atomic mass is 10.1. The predicted molar refractivity (Wildman–Crippen MR) is 88.2 cm³/mol. The minimum Gasteiger partial charge on any atom is -0.465 e. The molecule has 8 nitrogen and oxygen atoms in total. The third-order valence-electron chi connectivity index (χ3n) is 4.27. The fourth-order valence-electron chi connectivity index (χ4n) is 2.91. The second-order valence-electron chi connectivity index (χ2n) is 6.22. The summed E-state index contributed by atoms with van der Waals surface area (Å²) in [7, 11) is 1.69. The van der Waals surface area contributed by atoms with Gasteiger partial charge >= 0.3 is 0 Å². The maximum Gasteiger partial charge on any atom is 0.237 e. The van der Waals surface area contributed by atoms with Crippen LogP contribution < -0.4 is 5.32 Å². The molecule has 1 aliphatic heterocycles. The highest BCUT2D eigenvalue weighted by molar-refractivity contribution is 5.88. The van der Waals surface area contributed by atoms with E-state index in [1.54, 1.807) is 13.1 Å². The summed E-state index contributed by atoms with van der Waals surface area (Å²) in [4.78, 5) is 28.3. The average Bonchev–Trinajstić information content (AvgIpc) is 3.22. The van der Waals surface area contributed by atoms with Crippen molar-refractivity contribution < 1.29 is 18.5 Å². The Balaban J connectivity index is 1.64. The van der Waals surface area contributed by atoms with Gasteiger partial charge < -0.3 is 19.2 Å². The van der Waals surface area contributed by atoms with Crippen molar-refractivity contribution in [1.29, 1.82) is 0 Å². The van der Waals surface area contributed by atoms with E-state index in [9.17, 15) is 9.59 Å². The number of piperazine rings is 1. The van der Waals surface area contributed by atoms with Gasteiger partial charge in [0.2, 0.25) is 11.8 Å². The summed E-state index contributed by atoms with van der Waals surface area (Å²) in [5.74, 6) is 1.97. The predicted octanol–water partition coefficient (Wildman–Crippen LogP) is 0.925. The molecular formula is C17H22N4O4. The highest BCUT2D eigenvalue weighted by Crippen LogP contribution is 2.17. The highest BCUT2D eigenvalue weighted by atomic mass is 16.5. The van der Waals surface area contributed by atoms with E-state index in [1.807, 2.05) is 24.0 Å². The van der Waals surface area contributed by atoms with Crippen molar-refractivity contribution in [3.63, 3.8) is 0 Å². The van der Waals surface area contributed by atoms with Gasteiger partial charge in [-0.15, -0.1) is 0 Å². The van der Waals surface area contributed by atoms with E-state index < -0.39 is 6.04 Å². The van der Waals surface area contributed by atoms with Crippen molar-refractivity contribution in [1.82, 2.24) is 20.3 Å². The summed E-state index contributed by atoms with van der Waals surface area (Å²) in [5, 5.41) is 6.46. The molecule has 2 aromatic heterocycles. The van der Waals surface area contributed by atoms with Crippen LogP contribution in [0.5, 0.6) is 0 Å². The smallest absolute Gasteiger partial charge is 0.237 e. The van der Waals surface area contributed by atoms with Crippen molar-refractivity contribution in [2.24, 2.45) is 0 Å². The van der Waals surface area contributed by atoms with Gasteiger partial charge in [0.15, 0.2) is 5.76 Å². The van der Waals surface area contributed by atoms with Gasteiger partial charge in [0.1, 0.15) is 11.5 Å². The van der Waals surface area contributed by atoms with Crippen LogP contribution in [0.2, 0.25) is 0 Å². The van der Waals surface area contributed by atoms with Crippen LogP contribution in [0, 0.1) is 6.92 Å². The molecule has 0 aliphatic carbocycles. The second-order valence-corrected chi connectivity index (χ2v) is 6.22. The molecule has 134 valence electrons. The molecule has 0 radical (unpaired) electrons. The van der Waals surface area contributed by atoms with E-state index in [4.69, 9.17) is 8.94 Å². The molecule has 1 saturated heterocycles. The fourth-order valence-corrected chi connectivity index (χ4v) is 2.91. The monoisotopic (exact) mass is 346 g/mol. The molecular weight excluding hydrogens is 324 g/mol. The number of hydrogen-bond donors (Lipinski definition) is 1. The summed E-state index contributed by atoms with van der Waals surface area (Å²) in [6, 6.07) is 4.99. The normalized spacial score (nSPS) is 18.2. The molecule has 1 N–H and O–H groups in total. The molecule has 8 heteroatoms. The van der Waals surface area contributed by atoms with Crippen LogP contribution in [0.4, 0.5) is 0 Å². The van der Waals surface area contributed by atoms with Gasteiger partial charge in [-0.2, -0.15) is 0 Å². The van der Waals surface area contributed by atoms with E-state index in [1.165, 1.54) is 11.1 Å². The lowest BCUT2D eigenvalue weighted by Gasteiger charge is -2.34. The van der Waals surface area contributed by atoms with Crippen LogP contribution in [0.3, 0.4) is 0 Å².